The molecule has 0 atom stereocenters. The van der Waals surface area contributed by atoms with Crippen molar-refractivity contribution in [2.45, 2.75) is 6.42 Å². The second-order valence-corrected chi connectivity index (χ2v) is 5.91. The van der Waals surface area contributed by atoms with Crippen molar-refractivity contribution >= 4 is 16.9 Å². The first kappa shape index (κ1) is 15.0. The van der Waals surface area contributed by atoms with E-state index in [2.05, 4.69) is 39.9 Å². The molecule has 2 aromatic rings. The SMILES string of the molecule is C1=C2c3cncc(c3)OCCOCCCNc3ccc(c2c3)NC1. The van der Waals surface area contributed by atoms with E-state index in [0.717, 1.165) is 48.8 Å². The van der Waals surface area contributed by atoms with Crippen LogP contribution in [0.5, 0.6) is 5.75 Å². The standard InChI is InChI=1S/C19H21N3O2/c1-5-21-15-2-3-19-18(11-15)17(4-6-22-19)14-10-16(13-20-12-14)24-9-8-23-7-1/h2-4,10-13,21-22H,1,5-9H2. The molecule has 1 aromatic heterocycles. The number of hydrogen-bond acceptors (Lipinski definition) is 5. The highest BCUT2D eigenvalue weighted by molar-refractivity contribution is 5.89. The Labute approximate surface area is 141 Å². The van der Waals surface area contributed by atoms with Gasteiger partial charge in [0.05, 0.1) is 12.8 Å². The molecule has 5 nitrogen and oxygen atoms in total. The van der Waals surface area contributed by atoms with Gasteiger partial charge in [0, 0.05) is 48.4 Å². The lowest BCUT2D eigenvalue weighted by atomic mass is 9.94. The van der Waals surface area contributed by atoms with Gasteiger partial charge in [0.1, 0.15) is 12.4 Å². The van der Waals surface area contributed by atoms with E-state index in [0.29, 0.717) is 13.2 Å². The summed E-state index contributed by atoms with van der Waals surface area (Å²) in [5.74, 6) is 0.779. The number of ether oxygens (including phenoxy) is 2. The molecule has 0 unspecified atom stereocenters. The first-order valence-electron chi connectivity index (χ1n) is 8.38. The molecule has 24 heavy (non-hydrogen) atoms. The average molecular weight is 323 g/mol. The maximum absolute atomic E-state index is 5.77. The quantitative estimate of drug-likeness (QED) is 0.780. The Bertz CT molecular complexity index is 758. The lowest BCUT2D eigenvalue weighted by Crippen LogP contribution is -2.11. The highest BCUT2D eigenvalue weighted by Crippen LogP contribution is 2.35. The molecule has 2 aliphatic heterocycles. The van der Waals surface area contributed by atoms with Gasteiger partial charge in [0.15, 0.2) is 0 Å². The summed E-state index contributed by atoms with van der Waals surface area (Å²) in [6, 6.07) is 8.49. The van der Waals surface area contributed by atoms with Crippen molar-refractivity contribution < 1.29 is 9.47 Å². The summed E-state index contributed by atoms with van der Waals surface area (Å²) in [5.41, 5.74) is 5.73. The Morgan fingerprint density at radius 3 is 3.00 bits per heavy atom. The van der Waals surface area contributed by atoms with E-state index < -0.39 is 0 Å². The second-order valence-electron chi connectivity index (χ2n) is 5.91. The molecule has 3 heterocycles. The number of aromatic nitrogens is 1. The Morgan fingerprint density at radius 2 is 2.00 bits per heavy atom. The topological polar surface area (TPSA) is 55.4 Å². The summed E-state index contributed by atoms with van der Waals surface area (Å²) in [6.45, 7) is 3.56. The lowest BCUT2D eigenvalue weighted by molar-refractivity contribution is 0.0998. The van der Waals surface area contributed by atoms with Crippen molar-refractivity contribution in [2.75, 3.05) is 43.5 Å². The molecule has 4 rings (SSSR count). The molecule has 124 valence electrons. The van der Waals surface area contributed by atoms with Crippen LogP contribution < -0.4 is 15.4 Å². The maximum atomic E-state index is 5.77. The van der Waals surface area contributed by atoms with Crippen molar-refractivity contribution in [3.05, 3.63) is 53.9 Å². The number of nitrogens with one attached hydrogen (secondary N) is 2. The molecule has 0 amide bonds. The van der Waals surface area contributed by atoms with Gasteiger partial charge in [-0.3, -0.25) is 4.98 Å². The van der Waals surface area contributed by atoms with Gasteiger partial charge in [-0.05, 0) is 36.3 Å². The minimum absolute atomic E-state index is 0.540. The third-order valence-electron chi connectivity index (χ3n) is 4.22. The van der Waals surface area contributed by atoms with Gasteiger partial charge >= 0.3 is 0 Å². The van der Waals surface area contributed by atoms with Crippen LogP contribution in [0.1, 0.15) is 17.5 Å². The van der Waals surface area contributed by atoms with E-state index in [1.165, 1.54) is 11.1 Å². The molecule has 0 fully saturated rings. The molecule has 0 spiro atoms. The number of rotatable bonds is 0. The van der Waals surface area contributed by atoms with Crippen molar-refractivity contribution in [3.63, 3.8) is 0 Å². The highest BCUT2D eigenvalue weighted by Gasteiger charge is 2.15. The van der Waals surface area contributed by atoms with Crippen LogP contribution in [0, 0.1) is 0 Å². The molecule has 2 N–H and O–H groups in total. The first-order valence-corrected chi connectivity index (χ1v) is 8.38. The Hall–Kier alpha value is -2.53. The summed E-state index contributed by atoms with van der Waals surface area (Å²) in [6.07, 6.45) is 6.81. The first-order chi connectivity index (χ1) is 11.9. The number of anilines is 2. The van der Waals surface area contributed by atoms with Gasteiger partial charge < -0.3 is 20.1 Å². The number of nitrogens with zero attached hydrogens (tertiary/aromatic N) is 1. The Kier molecular flexibility index (Phi) is 4.34. The van der Waals surface area contributed by atoms with Gasteiger partial charge in [0.2, 0.25) is 0 Å². The van der Waals surface area contributed by atoms with Gasteiger partial charge in [-0.15, -0.1) is 0 Å². The Balaban J connectivity index is 1.74. The summed E-state index contributed by atoms with van der Waals surface area (Å²) < 4.78 is 11.4. The van der Waals surface area contributed by atoms with Crippen molar-refractivity contribution in [3.8, 4) is 5.75 Å². The van der Waals surface area contributed by atoms with Crippen LogP contribution in [-0.4, -0.2) is 37.9 Å². The van der Waals surface area contributed by atoms with E-state index in [9.17, 15) is 0 Å². The minimum Gasteiger partial charge on any atom is -0.490 e. The van der Waals surface area contributed by atoms with Gasteiger partial charge in [0.25, 0.3) is 0 Å². The predicted molar refractivity (Wildman–Crippen MR) is 95.7 cm³/mol. The zero-order chi connectivity index (χ0) is 16.2. The summed E-state index contributed by atoms with van der Waals surface area (Å²) >= 11 is 0. The average Bonchev–Trinajstić information content (AvgIpc) is 2.63. The summed E-state index contributed by atoms with van der Waals surface area (Å²) in [5, 5.41) is 6.91. The fraction of sp³-hybridized carbons (Fsp3) is 0.316. The second kappa shape index (κ2) is 6.93. The third kappa shape index (κ3) is 3.21. The van der Waals surface area contributed by atoms with Crippen LogP contribution in [0.2, 0.25) is 0 Å². The van der Waals surface area contributed by atoms with Crippen LogP contribution in [0.15, 0.2) is 42.7 Å². The molecular weight excluding hydrogens is 302 g/mol. The summed E-state index contributed by atoms with van der Waals surface area (Å²) in [4.78, 5) is 4.34. The van der Waals surface area contributed by atoms with E-state index in [1.54, 1.807) is 6.20 Å². The molecule has 4 bridgehead atoms. The van der Waals surface area contributed by atoms with Gasteiger partial charge in [-0.2, -0.15) is 0 Å². The normalized spacial score (nSPS) is 17.2. The van der Waals surface area contributed by atoms with Crippen LogP contribution in [0.3, 0.4) is 0 Å². The molecular formula is C19H21N3O2. The molecule has 0 saturated carbocycles. The summed E-state index contributed by atoms with van der Waals surface area (Å²) in [7, 11) is 0. The zero-order valence-corrected chi connectivity index (χ0v) is 13.5. The van der Waals surface area contributed by atoms with E-state index in [4.69, 9.17) is 9.47 Å². The smallest absolute Gasteiger partial charge is 0.138 e. The van der Waals surface area contributed by atoms with E-state index in [1.807, 2.05) is 12.3 Å². The van der Waals surface area contributed by atoms with Crippen LogP contribution >= 0.6 is 0 Å². The van der Waals surface area contributed by atoms with Crippen LogP contribution in [0.25, 0.3) is 5.57 Å². The molecule has 0 radical (unpaired) electrons. The van der Waals surface area contributed by atoms with Crippen molar-refractivity contribution in [1.82, 2.24) is 4.98 Å². The Morgan fingerprint density at radius 1 is 1.00 bits per heavy atom. The molecule has 1 aromatic carbocycles. The molecule has 0 aliphatic carbocycles. The van der Waals surface area contributed by atoms with Gasteiger partial charge in [-0.1, -0.05) is 6.08 Å². The lowest BCUT2D eigenvalue weighted by Gasteiger charge is -2.21. The fourth-order valence-electron chi connectivity index (χ4n) is 3.05. The largest absolute Gasteiger partial charge is 0.490 e. The monoisotopic (exact) mass is 323 g/mol. The highest BCUT2D eigenvalue weighted by atomic mass is 16.5. The predicted octanol–water partition coefficient (Wildman–Crippen LogP) is 3.15. The number of fused-ring (bicyclic) bond motifs is 4. The molecule has 2 aliphatic rings. The van der Waals surface area contributed by atoms with Crippen LogP contribution in [-0.2, 0) is 4.74 Å². The van der Waals surface area contributed by atoms with E-state index >= 15 is 0 Å². The maximum Gasteiger partial charge on any atom is 0.138 e. The number of pyridine rings is 1. The fourth-order valence-corrected chi connectivity index (χ4v) is 3.05. The minimum atomic E-state index is 0.540. The van der Waals surface area contributed by atoms with E-state index in [-0.39, 0.29) is 0 Å². The van der Waals surface area contributed by atoms with Crippen LogP contribution in [0.4, 0.5) is 11.4 Å². The molecule has 0 saturated heterocycles. The zero-order valence-electron chi connectivity index (χ0n) is 13.5. The van der Waals surface area contributed by atoms with Crippen molar-refractivity contribution in [1.29, 1.82) is 0 Å². The van der Waals surface area contributed by atoms with Gasteiger partial charge in [-0.25, -0.2) is 0 Å². The number of hydrogen-bond donors (Lipinski definition) is 2. The molecule has 5 heteroatoms. The third-order valence-corrected chi connectivity index (χ3v) is 4.22. The van der Waals surface area contributed by atoms with Crippen molar-refractivity contribution in [2.24, 2.45) is 0 Å². The number of benzene rings is 1.